The standard InChI is InChI=1S/C24H20FN5/c1-15-6-22-19(14-30-24(22)29-10-15)7-16-11-27-23(28-12-16)9-21-8-18(13-26-21)17-2-4-20(25)5-3-17/h2-6,8,10-14,26H,7,9H2,1H3,(H,29,30). The average molecular weight is 397 g/mol. The lowest BCUT2D eigenvalue weighted by molar-refractivity contribution is 0.628. The molecule has 4 heterocycles. The van der Waals surface area contributed by atoms with E-state index in [2.05, 4.69) is 31.0 Å². The third kappa shape index (κ3) is 3.72. The molecular weight excluding hydrogens is 377 g/mol. The second kappa shape index (κ2) is 7.55. The minimum Gasteiger partial charge on any atom is -0.364 e. The van der Waals surface area contributed by atoms with E-state index < -0.39 is 0 Å². The van der Waals surface area contributed by atoms with Crippen molar-refractivity contribution in [3.8, 4) is 11.1 Å². The number of aryl methyl sites for hydroxylation is 1. The van der Waals surface area contributed by atoms with Crippen LogP contribution in [-0.2, 0) is 12.8 Å². The van der Waals surface area contributed by atoms with Gasteiger partial charge in [0.2, 0.25) is 0 Å². The third-order valence-electron chi connectivity index (χ3n) is 5.18. The molecule has 0 aliphatic carbocycles. The number of rotatable bonds is 5. The number of fused-ring (bicyclic) bond motifs is 1. The van der Waals surface area contributed by atoms with Gasteiger partial charge in [-0.05, 0) is 59.0 Å². The Hall–Kier alpha value is -3.80. The summed E-state index contributed by atoms with van der Waals surface area (Å²) in [5.74, 6) is 0.518. The van der Waals surface area contributed by atoms with E-state index in [1.807, 2.05) is 44.0 Å². The fourth-order valence-corrected chi connectivity index (χ4v) is 3.62. The van der Waals surface area contributed by atoms with Gasteiger partial charge in [0, 0.05) is 54.9 Å². The van der Waals surface area contributed by atoms with Crippen LogP contribution in [0.2, 0.25) is 0 Å². The molecule has 0 fully saturated rings. The summed E-state index contributed by atoms with van der Waals surface area (Å²) in [6.07, 6.45) is 10.9. The van der Waals surface area contributed by atoms with Crippen molar-refractivity contribution in [2.24, 2.45) is 0 Å². The summed E-state index contributed by atoms with van der Waals surface area (Å²) < 4.78 is 13.1. The Balaban J connectivity index is 1.29. The fourth-order valence-electron chi connectivity index (χ4n) is 3.62. The number of aromatic amines is 2. The molecule has 0 atom stereocenters. The minimum atomic E-state index is -0.234. The van der Waals surface area contributed by atoms with Gasteiger partial charge < -0.3 is 9.97 Å². The zero-order valence-corrected chi connectivity index (χ0v) is 16.5. The van der Waals surface area contributed by atoms with Gasteiger partial charge >= 0.3 is 0 Å². The number of benzene rings is 1. The Bertz CT molecular complexity index is 1300. The van der Waals surface area contributed by atoms with Crippen molar-refractivity contribution in [1.82, 2.24) is 24.9 Å². The zero-order chi connectivity index (χ0) is 20.5. The van der Waals surface area contributed by atoms with Crippen molar-refractivity contribution in [3.05, 3.63) is 101 Å². The van der Waals surface area contributed by atoms with Crippen molar-refractivity contribution >= 4 is 11.0 Å². The minimum absolute atomic E-state index is 0.234. The summed E-state index contributed by atoms with van der Waals surface area (Å²) in [4.78, 5) is 20.0. The SMILES string of the molecule is Cc1cnc2[nH]cc(Cc3cnc(Cc4cc(-c5ccc(F)cc5)c[nH]4)nc3)c2c1. The highest BCUT2D eigenvalue weighted by atomic mass is 19.1. The van der Waals surface area contributed by atoms with E-state index in [1.54, 1.807) is 12.1 Å². The molecule has 0 saturated heterocycles. The molecular formula is C24H20FN5. The van der Waals surface area contributed by atoms with Crippen LogP contribution in [0.4, 0.5) is 4.39 Å². The van der Waals surface area contributed by atoms with Crippen LogP contribution in [0, 0.1) is 12.7 Å². The van der Waals surface area contributed by atoms with E-state index >= 15 is 0 Å². The van der Waals surface area contributed by atoms with Crippen LogP contribution < -0.4 is 0 Å². The van der Waals surface area contributed by atoms with E-state index in [9.17, 15) is 4.39 Å². The van der Waals surface area contributed by atoms with Crippen LogP contribution in [-0.4, -0.2) is 24.9 Å². The van der Waals surface area contributed by atoms with Crippen LogP contribution in [0.1, 0.15) is 28.2 Å². The average Bonchev–Trinajstić information content (AvgIpc) is 3.37. The number of nitrogens with one attached hydrogen (secondary N) is 2. The quantitative estimate of drug-likeness (QED) is 0.440. The molecule has 5 nitrogen and oxygen atoms in total. The normalized spacial score (nSPS) is 11.3. The van der Waals surface area contributed by atoms with E-state index in [4.69, 9.17) is 0 Å². The topological polar surface area (TPSA) is 70.2 Å². The highest BCUT2D eigenvalue weighted by molar-refractivity contribution is 5.80. The highest BCUT2D eigenvalue weighted by Gasteiger charge is 2.08. The van der Waals surface area contributed by atoms with E-state index in [1.165, 1.54) is 17.7 Å². The van der Waals surface area contributed by atoms with Crippen LogP contribution in [0.5, 0.6) is 0 Å². The molecule has 0 bridgehead atoms. The summed E-state index contributed by atoms with van der Waals surface area (Å²) in [5.41, 5.74) is 7.28. The highest BCUT2D eigenvalue weighted by Crippen LogP contribution is 2.22. The predicted octanol–water partition coefficient (Wildman–Crippen LogP) is 4.98. The lowest BCUT2D eigenvalue weighted by Gasteiger charge is -2.02. The number of pyridine rings is 1. The van der Waals surface area contributed by atoms with Gasteiger partial charge in [-0.2, -0.15) is 0 Å². The fraction of sp³-hybridized carbons (Fsp3) is 0.125. The van der Waals surface area contributed by atoms with Crippen molar-refractivity contribution in [3.63, 3.8) is 0 Å². The Labute approximate surface area is 173 Å². The lowest BCUT2D eigenvalue weighted by atomic mass is 10.1. The zero-order valence-electron chi connectivity index (χ0n) is 16.5. The van der Waals surface area contributed by atoms with E-state index in [0.29, 0.717) is 6.42 Å². The molecule has 2 N–H and O–H groups in total. The largest absolute Gasteiger partial charge is 0.364 e. The summed E-state index contributed by atoms with van der Waals surface area (Å²) in [5, 5.41) is 1.14. The van der Waals surface area contributed by atoms with E-state index in [-0.39, 0.29) is 5.82 Å². The number of hydrogen-bond donors (Lipinski definition) is 2. The molecule has 30 heavy (non-hydrogen) atoms. The summed E-state index contributed by atoms with van der Waals surface area (Å²) in [6, 6.07) is 10.7. The van der Waals surface area contributed by atoms with Crippen molar-refractivity contribution in [2.45, 2.75) is 19.8 Å². The number of hydrogen-bond acceptors (Lipinski definition) is 3. The third-order valence-corrected chi connectivity index (χ3v) is 5.18. The van der Waals surface area contributed by atoms with Gasteiger partial charge in [0.05, 0.1) is 0 Å². The molecule has 5 aromatic rings. The first-order valence-electron chi connectivity index (χ1n) is 9.80. The smallest absolute Gasteiger partial charge is 0.137 e. The van der Waals surface area contributed by atoms with Crippen LogP contribution in [0.3, 0.4) is 0 Å². The second-order valence-electron chi connectivity index (χ2n) is 7.50. The van der Waals surface area contributed by atoms with Gasteiger partial charge in [-0.3, -0.25) is 0 Å². The molecule has 0 saturated carbocycles. The molecule has 0 aliphatic heterocycles. The van der Waals surface area contributed by atoms with Gasteiger partial charge in [0.15, 0.2) is 0 Å². The van der Waals surface area contributed by atoms with Gasteiger partial charge in [0.1, 0.15) is 17.3 Å². The van der Waals surface area contributed by atoms with Gasteiger partial charge in [-0.15, -0.1) is 0 Å². The number of aromatic nitrogens is 5. The van der Waals surface area contributed by atoms with Gasteiger partial charge in [-0.1, -0.05) is 12.1 Å². The maximum atomic E-state index is 13.1. The summed E-state index contributed by atoms with van der Waals surface area (Å²) in [6.45, 7) is 2.04. The van der Waals surface area contributed by atoms with Crippen molar-refractivity contribution in [1.29, 1.82) is 0 Å². The Morgan fingerprint density at radius 2 is 1.63 bits per heavy atom. The molecule has 0 amide bonds. The molecule has 1 aromatic carbocycles. The predicted molar refractivity (Wildman–Crippen MR) is 115 cm³/mol. The van der Waals surface area contributed by atoms with Crippen LogP contribution >= 0.6 is 0 Å². The first-order chi connectivity index (χ1) is 14.6. The molecule has 0 spiro atoms. The van der Waals surface area contributed by atoms with Crippen molar-refractivity contribution < 1.29 is 4.39 Å². The second-order valence-corrected chi connectivity index (χ2v) is 7.50. The number of nitrogens with zero attached hydrogens (tertiary/aromatic N) is 3. The summed E-state index contributed by atoms with van der Waals surface area (Å²) >= 11 is 0. The van der Waals surface area contributed by atoms with Crippen LogP contribution in [0.25, 0.3) is 22.2 Å². The Kier molecular flexibility index (Phi) is 4.59. The number of halogens is 1. The van der Waals surface area contributed by atoms with Gasteiger partial charge in [0.25, 0.3) is 0 Å². The molecule has 0 unspecified atom stereocenters. The molecule has 5 rings (SSSR count). The monoisotopic (exact) mass is 397 g/mol. The first-order valence-corrected chi connectivity index (χ1v) is 9.80. The molecule has 148 valence electrons. The number of H-pyrrole nitrogens is 2. The van der Waals surface area contributed by atoms with Crippen molar-refractivity contribution in [2.75, 3.05) is 0 Å². The first kappa shape index (κ1) is 18.2. The molecule has 0 aliphatic rings. The maximum absolute atomic E-state index is 13.1. The molecule has 6 heteroatoms. The molecule has 4 aromatic heterocycles. The maximum Gasteiger partial charge on any atom is 0.137 e. The molecule has 0 radical (unpaired) electrons. The lowest BCUT2D eigenvalue weighted by Crippen LogP contribution is -1.98. The van der Waals surface area contributed by atoms with E-state index in [0.717, 1.165) is 51.2 Å². The Morgan fingerprint density at radius 1 is 0.833 bits per heavy atom. The van der Waals surface area contributed by atoms with Crippen LogP contribution in [0.15, 0.2) is 67.4 Å². The Morgan fingerprint density at radius 3 is 2.43 bits per heavy atom. The summed E-state index contributed by atoms with van der Waals surface area (Å²) in [7, 11) is 0. The van der Waals surface area contributed by atoms with Gasteiger partial charge in [-0.25, -0.2) is 19.3 Å².